The second-order valence-corrected chi connectivity index (χ2v) is 6.10. The van der Waals surface area contributed by atoms with E-state index in [0.29, 0.717) is 22.1 Å². The van der Waals surface area contributed by atoms with Gasteiger partial charge in [0.25, 0.3) is 5.91 Å². The van der Waals surface area contributed by atoms with Gasteiger partial charge in [-0.1, -0.05) is 17.7 Å². The van der Waals surface area contributed by atoms with Gasteiger partial charge in [0, 0.05) is 5.02 Å². The average Bonchev–Trinajstić information content (AvgIpc) is 3.06. The first kappa shape index (κ1) is 17.0. The summed E-state index contributed by atoms with van der Waals surface area (Å²) in [5.74, 6) is 0.373. The first-order valence-corrected chi connectivity index (χ1v) is 8.04. The molecule has 0 aliphatic rings. The van der Waals surface area contributed by atoms with Crippen molar-refractivity contribution in [2.75, 3.05) is 11.9 Å². The van der Waals surface area contributed by atoms with E-state index >= 15 is 0 Å². The van der Waals surface area contributed by atoms with Crippen LogP contribution in [0.25, 0.3) is 5.69 Å². The lowest BCUT2D eigenvalue weighted by Crippen LogP contribution is -2.21. The van der Waals surface area contributed by atoms with Crippen LogP contribution < -0.4 is 10.1 Å². The van der Waals surface area contributed by atoms with E-state index in [1.165, 1.54) is 6.33 Å². The van der Waals surface area contributed by atoms with E-state index in [1.807, 2.05) is 32.0 Å². The highest BCUT2D eigenvalue weighted by Crippen LogP contribution is 2.24. The summed E-state index contributed by atoms with van der Waals surface area (Å²) in [5.41, 5.74) is 3.37. The van der Waals surface area contributed by atoms with Crippen molar-refractivity contribution in [1.82, 2.24) is 14.8 Å². The molecule has 25 heavy (non-hydrogen) atoms. The number of aromatic nitrogens is 3. The van der Waals surface area contributed by atoms with Crippen LogP contribution in [0.5, 0.6) is 5.75 Å². The van der Waals surface area contributed by atoms with E-state index in [2.05, 4.69) is 15.4 Å². The summed E-state index contributed by atoms with van der Waals surface area (Å²) in [5, 5.41) is 7.39. The van der Waals surface area contributed by atoms with Gasteiger partial charge in [-0.3, -0.25) is 4.79 Å². The molecule has 1 aromatic heterocycles. The number of aryl methyl sites for hydroxylation is 2. The third-order valence-electron chi connectivity index (χ3n) is 3.46. The summed E-state index contributed by atoms with van der Waals surface area (Å²) < 4.78 is 7.13. The molecule has 0 atom stereocenters. The van der Waals surface area contributed by atoms with Gasteiger partial charge < -0.3 is 10.1 Å². The maximum absolute atomic E-state index is 12.3. The molecule has 2 aromatic carbocycles. The van der Waals surface area contributed by atoms with Gasteiger partial charge in [0.05, 0.1) is 11.4 Å². The molecule has 1 heterocycles. The van der Waals surface area contributed by atoms with Gasteiger partial charge in [-0.05, 0) is 55.3 Å². The number of rotatable bonds is 5. The van der Waals surface area contributed by atoms with Gasteiger partial charge >= 0.3 is 0 Å². The zero-order valence-electron chi connectivity index (χ0n) is 13.9. The van der Waals surface area contributed by atoms with Crippen molar-refractivity contribution in [2.24, 2.45) is 0 Å². The van der Waals surface area contributed by atoms with Gasteiger partial charge in [0.15, 0.2) is 6.61 Å². The molecule has 0 aliphatic heterocycles. The van der Waals surface area contributed by atoms with Crippen molar-refractivity contribution in [1.29, 1.82) is 0 Å². The van der Waals surface area contributed by atoms with E-state index in [1.54, 1.807) is 29.2 Å². The van der Waals surface area contributed by atoms with Crippen molar-refractivity contribution in [3.8, 4) is 11.4 Å². The molecule has 0 fully saturated rings. The average molecular weight is 357 g/mol. The standard InChI is InChI=1S/C18H17ClN4O2/c1-12-5-13(2)7-15(6-12)25-9-18(24)22-16-8-14(19)3-4-17(16)23-11-20-10-21-23/h3-8,10-11H,9H2,1-2H3,(H,22,24). The maximum Gasteiger partial charge on any atom is 0.262 e. The van der Waals surface area contributed by atoms with Crippen LogP contribution in [-0.2, 0) is 4.79 Å². The Labute approximate surface area is 150 Å². The highest BCUT2D eigenvalue weighted by atomic mass is 35.5. The number of carbonyl (C=O) groups is 1. The lowest BCUT2D eigenvalue weighted by Gasteiger charge is -2.12. The number of benzene rings is 2. The number of nitrogens with zero attached hydrogens (tertiary/aromatic N) is 3. The Morgan fingerprint density at radius 3 is 2.64 bits per heavy atom. The van der Waals surface area contributed by atoms with Gasteiger partial charge in [-0.2, -0.15) is 5.10 Å². The van der Waals surface area contributed by atoms with Crippen LogP contribution in [0, 0.1) is 13.8 Å². The second kappa shape index (κ2) is 7.36. The molecule has 1 N–H and O–H groups in total. The molecule has 0 spiro atoms. The molecule has 6 nitrogen and oxygen atoms in total. The van der Waals surface area contributed by atoms with Crippen molar-refractivity contribution >= 4 is 23.2 Å². The largest absolute Gasteiger partial charge is 0.484 e. The first-order valence-electron chi connectivity index (χ1n) is 7.67. The van der Waals surface area contributed by atoms with Crippen LogP contribution in [0.4, 0.5) is 5.69 Å². The van der Waals surface area contributed by atoms with Crippen LogP contribution in [-0.4, -0.2) is 27.3 Å². The van der Waals surface area contributed by atoms with Crippen LogP contribution >= 0.6 is 11.6 Å². The number of hydrogen-bond donors (Lipinski definition) is 1. The minimum atomic E-state index is -0.289. The summed E-state index contributed by atoms with van der Waals surface area (Å²) in [4.78, 5) is 16.2. The Morgan fingerprint density at radius 2 is 1.96 bits per heavy atom. The van der Waals surface area contributed by atoms with E-state index in [-0.39, 0.29) is 12.5 Å². The fourth-order valence-corrected chi connectivity index (χ4v) is 2.66. The zero-order chi connectivity index (χ0) is 17.8. The van der Waals surface area contributed by atoms with Crippen LogP contribution in [0.15, 0.2) is 49.1 Å². The number of halogens is 1. The fraction of sp³-hybridized carbons (Fsp3) is 0.167. The Morgan fingerprint density at radius 1 is 1.20 bits per heavy atom. The van der Waals surface area contributed by atoms with Gasteiger partial charge in [-0.15, -0.1) is 0 Å². The third kappa shape index (κ3) is 4.36. The lowest BCUT2D eigenvalue weighted by molar-refractivity contribution is -0.118. The summed E-state index contributed by atoms with van der Waals surface area (Å²) in [6, 6.07) is 11.0. The van der Waals surface area contributed by atoms with Crippen molar-refractivity contribution in [3.63, 3.8) is 0 Å². The molecule has 7 heteroatoms. The van der Waals surface area contributed by atoms with E-state index in [9.17, 15) is 4.79 Å². The molecule has 3 aromatic rings. The highest BCUT2D eigenvalue weighted by Gasteiger charge is 2.11. The molecular weight excluding hydrogens is 340 g/mol. The second-order valence-electron chi connectivity index (χ2n) is 5.66. The quantitative estimate of drug-likeness (QED) is 0.759. The Balaban J connectivity index is 1.72. The Hall–Kier alpha value is -2.86. The van der Waals surface area contributed by atoms with Gasteiger partial charge in [0.2, 0.25) is 0 Å². The molecular formula is C18H17ClN4O2. The van der Waals surface area contributed by atoms with Crippen molar-refractivity contribution in [3.05, 3.63) is 65.2 Å². The number of nitrogens with one attached hydrogen (secondary N) is 1. The number of amides is 1. The van der Waals surface area contributed by atoms with Crippen molar-refractivity contribution < 1.29 is 9.53 Å². The molecule has 3 rings (SSSR count). The van der Waals surface area contributed by atoms with Crippen LogP contribution in [0.3, 0.4) is 0 Å². The fourth-order valence-electron chi connectivity index (χ4n) is 2.49. The predicted molar refractivity (Wildman–Crippen MR) is 96.4 cm³/mol. The predicted octanol–water partition coefficient (Wildman–Crippen LogP) is 3.56. The summed E-state index contributed by atoms with van der Waals surface area (Å²) in [6.45, 7) is 3.86. The lowest BCUT2D eigenvalue weighted by atomic mass is 10.1. The van der Waals surface area contributed by atoms with Gasteiger partial charge in [-0.25, -0.2) is 9.67 Å². The molecule has 0 saturated carbocycles. The molecule has 128 valence electrons. The Kier molecular flexibility index (Phi) is 5.00. The molecule has 0 bridgehead atoms. The number of hydrogen-bond acceptors (Lipinski definition) is 4. The monoisotopic (exact) mass is 356 g/mol. The van der Waals surface area contributed by atoms with Gasteiger partial charge in [0.1, 0.15) is 18.4 Å². The van der Waals surface area contributed by atoms with Crippen molar-refractivity contribution in [2.45, 2.75) is 13.8 Å². The zero-order valence-corrected chi connectivity index (χ0v) is 14.6. The van der Waals surface area contributed by atoms with Crippen LogP contribution in [0.2, 0.25) is 5.02 Å². The molecule has 0 saturated heterocycles. The number of anilines is 1. The normalized spacial score (nSPS) is 10.5. The SMILES string of the molecule is Cc1cc(C)cc(OCC(=O)Nc2cc(Cl)ccc2-n2cncn2)c1. The Bertz CT molecular complexity index is 874. The smallest absolute Gasteiger partial charge is 0.262 e. The highest BCUT2D eigenvalue weighted by molar-refractivity contribution is 6.31. The minimum Gasteiger partial charge on any atom is -0.484 e. The molecule has 0 radical (unpaired) electrons. The maximum atomic E-state index is 12.3. The van der Waals surface area contributed by atoms with Crippen LogP contribution in [0.1, 0.15) is 11.1 Å². The number of carbonyl (C=O) groups excluding carboxylic acids is 1. The summed E-state index contributed by atoms with van der Waals surface area (Å²) >= 11 is 6.04. The molecule has 0 unspecified atom stereocenters. The topological polar surface area (TPSA) is 69.0 Å². The number of ether oxygens (including phenoxy) is 1. The first-order chi connectivity index (χ1) is 12.0. The summed E-state index contributed by atoms with van der Waals surface area (Å²) in [6.07, 6.45) is 2.97. The van der Waals surface area contributed by atoms with E-state index in [0.717, 1.165) is 11.1 Å². The molecule has 1 amide bonds. The third-order valence-corrected chi connectivity index (χ3v) is 3.70. The van der Waals surface area contributed by atoms with E-state index in [4.69, 9.17) is 16.3 Å². The summed E-state index contributed by atoms with van der Waals surface area (Å²) in [7, 11) is 0. The van der Waals surface area contributed by atoms with E-state index < -0.39 is 0 Å². The molecule has 0 aliphatic carbocycles. The minimum absolute atomic E-state index is 0.105.